The molecule has 0 bridgehead atoms. The summed E-state index contributed by atoms with van der Waals surface area (Å²) in [6.07, 6.45) is 1.88. The van der Waals surface area contributed by atoms with Gasteiger partial charge in [-0.2, -0.15) is 0 Å². The van der Waals surface area contributed by atoms with Gasteiger partial charge < -0.3 is 14.8 Å². The predicted molar refractivity (Wildman–Crippen MR) is 85.9 cm³/mol. The number of hydrogen-bond donors (Lipinski definition) is 1. The summed E-state index contributed by atoms with van der Waals surface area (Å²) in [5.41, 5.74) is 1.10. The average molecular weight is 357 g/mol. The molecule has 1 aromatic heterocycles. The van der Waals surface area contributed by atoms with E-state index in [0.29, 0.717) is 6.54 Å². The standard InChI is InChI=1S/C14H17BrN2O2S/c1-9(2)19-13-11(15)6-10(7-12(13)18-3)8-17-14-16-4-5-20-14/h4-7,9H,8H2,1-3H3,(H,16,17). The Morgan fingerprint density at radius 1 is 1.40 bits per heavy atom. The molecule has 0 saturated carbocycles. The monoisotopic (exact) mass is 356 g/mol. The minimum Gasteiger partial charge on any atom is -0.493 e. The fourth-order valence-electron chi connectivity index (χ4n) is 1.71. The van der Waals surface area contributed by atoms with Crippen LogP contribution in [0.25, 0.3) is 0 Å². The lowest BCUT2D eigenvalue weighted by Gasteiger charge is -2.16. The summed E-state index contributed by atoms with van der Waals surface area (Å²) in [4.78, 5) is 4.19. The van der Waals surface area contributed by atoms with Gasteiger partial charge in [-0.3, -0.25) is 0 Å². The largest absolute Gasteiger partial charge is 0.493 e. The first-order chi connectivity index (χ1) is 9.60. The number of halogens is 1. The molecule has 6 heteroatoms. The van der Waals surface area contributed by atoms with Crippen LogP contribution >= 0.6 is 27.3 Å². The Labute approximate surface area is 131 Å². The van der Waals surface area contributed by atoms with Gasteiger partial charge in [0.1, 0.15) is 0 Å². The molecule has 0 aliphatic carbocycles. The molecule has 0 atom stereocenters. The molecule has 20 heavy (non-hydrogen) atoms. The van der Waals surface area contributed by atoms with Crippen molar-refractivity contribution in [2.75, 3.05) is 12.4 Å². The molecule has 0 unspecified atom stereocenters. The summed E-state index contributed by atoms with van der Waals surface area (Å²) in [7, 11) is 1.65. The van der Waals surface area contributed by atoms with Crippen LogP contribution in [0.3, 0.4) is 0 Å². The van der Waals surface area contributed by atoms with Crippen molar-refractivity contribution in [3.05, 3.63) is 33.7 Å². The highest BCUT2D eigenvalue weighted by Gasteiger charge is 2.13. The summed E-state index contributed by atoms with van der Waals surface area (Å²) in [5.74, 6) is 1.46. The normalized spacial score (nSPS) is 10.7. The van der Waals surface area contributed by atoms with Crippen LogP contribution in [0.4, 0.5) is 5.13 Å². The maximum absolute atomic E-state index is 5.77. The maximum Gasteiger partial charge on any atom is 0.182 e. The molecule has 2 rings (SSSR count). The molecular formula is C14H17BrN2O2S. The van der Waals surface area contributed by atoms with Crippen molar-refractivity contribution in [1.29, 1.82) is 0 Å². The number of hydrogen-bond acceptors (Lipinski definition) is 5. The molecule has 0 aliphatic rings. The van der Waals surface area contributed by atoms with E-state index in [-0.39, 0.29) is 6.10 Å². The molecule has 2 aromatic rings. The van der Waals surface area contributed by atoms with Crippen molar-refractivity contribution in [2.24, 2.45) is 0 Å². The zero-order chi connectivity index (χ0) is 14.5. The second-order valence-electron chi connectivity index (χ2n) is 4.47. The zero-order valence-corrected chi connectivity index (χ0v) is 14.0. The van der Waals surface area contributed by atoms with Crippen LogP contribution in [0.15, 0.2) is 28.2 Å². The lowest BCUT2D eigenvalue weighted by molar-refractivity contribution is 0.228. The lowest BCUT2D eigenvalue weighted by atomic mass is 10.2. The number of methoxy groups -OCH3 is 1. The number of ether oxygens (including phenoxy) is 2. The van der Waals surface area contributed by atoms with Crippen molar-refractivity contribution in [3.63, 3.8) is 0 Å². The molecule has 0 saturated heterocycles. The second kappa shape index (κ2) is 6.95. The number of nitrogens with zero attached hydrogens (tertiary/aromatic N) is 1. The fourth-order valence-corrected chi connectivity index (χ4v) is 2.82. The number of anilines is 1. The Balaban J connectivity index is 2.16. The molecule has 0 spiro atoms. The number of aromatic nitrogens is 1. The third-order valence-corrected chi connectivity index (χ3v) is 3.84. The molecule has 0 aliphatic heterocycles. The Morgan fingerprint density at radius 3 is 2.80 bits per heavy atom. The van der Waals surface area contributed by atoms with Crippen molar-refractivity contribution < 1.29 is 9.47 Å². The van der Waals surface area contributed by atoms with Gasteiger partial charge in [0.25, 0.3) is 0 Å². The smallest absolute Gasteiger partial charge is 0.182 e. The fraction of sp³-hybridized carbons (Fsp3) is 0.357. The van der Waals surface area contributed by atoms with Gasteiger partial charge in [0.05, 0.1) is 17.7 Å². The Hall–Kier alpha value is -1.27. The third-order valence-electron chi connectivity index (χ3n) is 2.52. The molecule has 0 amide bonds. The van der Waals surface area contributed by atoms with Gasteiger partial charge in [-0.05, 0) is 47.5 Å². The minimum atomic E-state index is 0.0968. The van der Waals surface area contributed by atoms with Crippen molar-refractivity contribution in [1.82, 2.24) is 4.98 Å². The van der Waals surface area contributed by atoms with E-state index in [1.54, 1.807) is 24.6 Å². The number of rotatable bonds is 6. The Bertz CT molecular complexity index is 559. The van der Waals surface area contributed by atoms with Gasteiger partial charge in [0.15, 0.2) is 16.6 Å². The highest BCUT2D eigenvalue weighted by Crippen LogP contribution is 2.37. The quantitative estimate of drug-likeness (QED) is 0.837. The van der Waals surface area contributed by atoms with Crippen LogP contribution in [0.5, 0.6) is 11.5 Å². The number of benzene rings is 1. The van der Waals surface area contributed by atoms with Gasteiger partial charge in [-0.1, -0.05) is 0 Å². The van der Waals surface area contributed by atoms with E-state index < -0.39 is 0 Å². The van der Waals surface area contributed by atoms with Gasteiger partial charge in [0, 0.05) is 18.1 Å². The van der Waals surface area contributed by atoms with Crippen LogP contribution in [0.1, 0.15) is 19.4 Å². The Morgan fingerprint density at radius 2 is 2.20 bits per heavy atom. The zero-order valence-electron chi connectivity index (χ0n) is 11.6. The van der Waals surface area contributed by atoms with E-state index in [9.17, 15) is 0 Å². The number of nitrogens with one attached hydrogen (secondary N) is 1. The summed E-state index contributed by atoms with van der Waals surface area (Å²) in [6, 6.07) is 4.00. The summed E-state index contributed by atoms with van der Waals surface area (Å²) in [6.45, 7) is 4.66. The molecular weight excluding hydrogens is 340 g/mol. The van der Waals surface area contributed by atoms with Crippen molar-refractivity contribution in [2.45, 2.75) is 26.5 Å². The van der Waals surface area contributed by atoms with E-state index in [1.165, 1.54) is 0 Å². The summed E-state index contributed by atoms with van der Waals surface area (Å²) >= 11 is 5.12. The van der Waals surface area contributed by atoms with Gasteiger partial charge in [0.2, 0.25) is 0 Å². The molecule has 1 aromatic carbocycles. The van der Waals surface area contributed by atoms with Crippen LogP contribution in [-0.2, 0) is 6.54 Å². The lowest BCUT2D eigenvalue weighted by Crippen LogP contribution is -2.08. The van der Waals surface area contributed by atoms with E-state index in [4.69, 9.17) is 9.47 Å². The summed E-state index contributed by atoms with van der Waals surface area (Å²) in [5, 5.41) is 6.12. The van der Waals surface area contributed by atoms with E-state index in [0.717, 1.165) is 26.7 Å². The van der Waals surface area contributed by atoms with E-state index in [2.05, 4.69) is 26.2 Å². The van der Waals surface area contributed by atoms with Gasteiger partial charge in [-0.25, -0.2) is 4.98 Å². The highest BCUT2D eigenvalue weighted by atomic mass is 79.9. The molecule has 1 N–H and O–H groups in total. The van der Waals surface area contributed by atoms with E-state index in [1.807, 2.05) is 31.4 Å². The SMILES string of the molecule is COc1cc(CNc2nccs2)cc(Br)c1OC(C)C. The van der Waals surface area contributed by atoms with Crippen LogP contribution in [0, 0.1) is 0 Å². The molecule has 4 nitrogen and oxygen atoms in total. The predicted octanol–water partition coefficient (Wildman–Crippen LogP) is 4.31. The van der Waals surface area contributed by atoms with Crippen LogP contribution < -0.4 is 14.8 Å². The van der Waals surface area contributed by atoms with Gasteiger partial charge in [-0.15, -0.1) is 11.3 Å². The maximum atomic E-state index is 5.77. The van der Waals surface area contributed by atoms with E-state index >= 15 is 0 Å². The first-order valence-electron chi connectivity index (χ1n) is 6.26. The molecule has 108 valence electrons. The second-order valence-corrected chi connectivity index (χ2v) is 6.22. The van der Waals surface area contributed by atoms with Crippen molar-refractivity contribution >= 4 is 32.4 Å². The van der Waals surface area contributed by atoms with Crippen LogP contribution in [-0.4, -0.2) is 18.2 Å². The Kier molecular flexibility index (Phi) is 5.25. The number of thiazole rings is 1. The molecule has 1 heterocycles. The highest BCUT2D eigenvalue weighted by molar-refractivity contribution is 9.10. The molecule has 0 radical (unpaired) electrons. The van der Waals surface area contributed by atoms with Gasteiger partial charge >= 0.3 is 0 Å². The first-order valence-corrected chi connectivity index (χ1v) is 7.94. The minimum absolute atomic E-state index is 0.0968. The van der Waals surface area contributed by atoms with Crippen LogP contribution in [0.2, 0.25) is 0 Å². The summed E-state index contributed by atoms with van der Waals surface area (Å²) < 4.78 is 12.1. The van der Waals surface area contributed by atoms with Crippen molar-refractivity contribution in [3.8, 4) is 11.5 Å². The first kappa shape index (κ1) is 15.1. The molecule has 0 fully saturated rings. The third kappa shape index (κ3) is 3.86. The topological polar surface area (TPSA) is 43.4 Å². The average Bonchev–Trinajstić information content (AvgIpc) is 2.91.